The smallest absolute Gasteiger partial charge is 0.253 e. The zero-order chi connectivity index (χ0) is 20.8. The Labute approximate surface area is 176 Å². The van der Waals surface area contributed by atoms with Gasteiger partial charge in [-0.1, -0.05) is 36.6 Å². The molecule has 1 saturated carbocycles. The third-order valence-corrected chi connectivity index (χ3v) is 5.57. The van der Waals surface area contributed by atoms with Gasteiger partial charge in [0.1, 0.15) is 5.82 Å². The summed E-state index contributed by atoms with van der Waals surface area (Å²) in [6.07, 6.45) is 4.63. The van der Waals surface area contributed by atoms with Crippen LogP contribution in [0.4, 0.5) is 5.82 Å². The number of nitrogens with zero attached hydrogens (tertiary/aromatic N) is 2. The van der Waals surface area contributed by atoms with Crippen molar-refractivity contribution >= 4 is 23.3 Å². The molecule has 1 amide bonds. The van der Waals surface area contributed by atoms with E-state index >= 15 is 0 Å². The summed E-state index contributed by atoms with van der Waals surface area (Å²) in [6, 6.07) is 9.11. The monoisotopic (exact) mass is 417 g/mol. The standard InChI is InChI=1S/C22H28ClN3O3/c1-26(11-12-29-2)21-18(15-7-9-17(23)10-8-15)13-16(14-24-21)22(28)25-19-5-3-4-6-20(19)27/h7-10,13-14,19-20,27H,3-6,11-12H2,1-2H3,(H,25,28). The Kier molecular flexibility index (Phi) is 7.47. The number of aliphatic hydroxyl groups is 1. The molecule has 1 heterocycles. The number of carbonyl (C=O) groups excluding carboxylic acids is 1. The van der Waals surface area contributed by atoms with E-state index in [-0.39, 0.29) is 11.9 Å². The fourth-order valence-corrected chi connectivity index (χ4v) is 3.72. The molecule has 29 heavy (non-hydrogen) atoms. The highest BCUT2D eigenvalue weighted by Gasteiger charge is 2.25. The molecule has 0 spiro atoms. The van der Waals surface area contributed by atoms with Gasteiger partial charge in [-0.3, -0.25) is 4.79 Å². The van der Waals surface area contributed by atoms with Crippen LogP contribution in [0.25, 0.3) is 11.1 Å². The van der Waals surface area contributed by atoms with E-state index < -0.39 is 6.10 Å². The highest BCUT2D eigenvalue weighted by molar-refractivity contribution is 6.30. The second kappa shape index (κ2) is 10.1. The van der Waals surface area contributed by atoms with E-state index in [1.54, 1.807) is 13.3 Å². The second-order valence-electron chi connectivity index (χ2n) is 7.45. The number of anilines is 1. The zero-order valence-corrected chi connectivity index (χ0v) is 17.7. The molecule has 156 valence electrons. The molecule has 2 atom stereocenters. The average molecular weight is 418 g/mol. The normalized spacial score (nSPS) is 19.0. The first-order chi connectivity index (χ1) is 14.0. The number of hydrogen-bond acceptors (Lipinski definition) is 5. The van der Waals surface area contributed by atoms with E-state index in [0.29, 0.717) is 23.7 Å². The minimum atomic E-state index is -0.490. The van der Waals surface area contributed by atoms with E-state index in [2.05, 4.69) is 10.3 Å². The molecule has 0 bridgehead atoms. The lowest BCUT2D eigenvalue weighted by Crippen LogP contribution is -2.45. The molecule has 6 nitrogen and oxygen atoms in total. The number of pyridine rings is 1. The molecule has 3 rings (SSSR count). The molecule has 1 aromatic carbocycles. The summed E-state index contributed by atoms with van der Waals surface area (Å²) in [5, 5.41) is 13.8. The van der Waals surface area contributed by atoms with Crippen LogP contribution in [0.2, 0.25) is 5.02 Å². The number of aliphatic hydroxyl groups excluding tert-OH is 1. The number of carbonyl (C=O) groups is 1. The van der Waals surface area contributed by atoms with Crippen LogP contribution < -0.4 is 10.2 Å². The molecule has 2 aromatic rings. The van der Waals surface area contributed by atoms with Gasteiger partial charge < -0.3 is 20.1 Å². The number of benzene rings is 1. The van der Waals surface area contributed by atoms with Gasteiger partial charge in [0.2, 0.25) is 0 Å². The van der Waals surface area contributed by atoms with Crippen molar-refractivity contribution < 1.29 is 14.6 Å². The molecular formula is C22H28ClN3O3. The molecule has 2 unspecified atom stereocenters. The molecule has 1 fully saturated rings. The number of aromatic nitrogens is 1. The lowest BCUT2D eigenvalue weighted by atomic mass is 9.92. The molecule has 1 aliphatic rings. The lowest BCUT2D eigenvalue weighted by molar-refractivity contribution is 0.0717. The summed E-state index contributed by atoms with van der Waals surface area (Å²) < 4.78 is 5.18. The molecule has 7 heteroatoms. The topological polar surface area (TPSA) is 74.7 Å². The van der Waals surface area contributed by atoms with Crippen molar-refractivity contribution in [2.24, 2.45) is 0 Å². The maximum Gasteiger partial charge on any atom is 0.253 e. The van der Waals surface area contributed by atoms with Crippen LogP contribution in [0.1, 0.15) is 36.0 Å². The van der Waals surface area contributed by atoms with Crippen LogP contribution in [0, 0.1) is 0 Å². The molecule has 1 aliphatic carbocycles. The molecular weight excluding hydrogens is 390 g/mol. The van der Waals surface area contributed by atoms with Gasteiger partial charge in [-0.25, -0.2) is 4.98 Å². The minimum absolute atomic E-state index is 0.209. The van der Waals surface area contributed by atoms with Crippen molar-refractivity contribution in [2.45, 2.75) is 37.8 Å². The predicted molar refractivity (Wildman–Crippen MR) is 116 cm³/mol. The van der Waals surface area contributed by atoms with Crippen LogP contribution in [0.15, 0.2) is 36.5 Å². The van der Waals surface area contributed by atoms with Crippen LogP contribution in [-0.4, -0.2) is 55.5 Å². The van der Waals surface area contributed by atoms with E-state index in [0.717, 1.165) is 42.6 Å². The van der Waals surface area contributed by atoms with E-state index in [4.69, 9.17) is 16.3 Å². The summed E-state index contributed by atoms with van der Waals surface area (Å²) in [5.74, 6) is 0.545. The Morgan fingerprint density at radius 1 is 1.31 bits per heavy atom. The van der Waals surface area contributed by atoms with Crippen LogP contribution in [0.3, 0.4) is 0 Å². The summed E-state index contributed by atoms with van der Waals surface area (Å²) >= 11 is 6.04. The van der Waals surface area contributed by atoms with E-state index in [9.17, 15) is 9.90 Å². The molecule has 0 aliphatic heterocycles. The fourth-order valence-electron chi connectivity index (χ4n) is 3.59. The van der Waals surface area contributed by atoms with Gasteiger partial charge in [0.25, 0.3) is 5.91 Å². The quantitative estimate of drug-likeness (QED) is 0.721. The van der Waals surface area contributed by atoms with Gasteiger partial charge in [-0.2, -0.15) is 0 Å². The summed E-state index contributed by atoms with van der Waals surface area (Å²) in [5.41, 5.74) is 2.24. The van der Waals surface area contributed by atoms with E-state index in [1.165, 1.54) is 0 Å². The van der Waals surface area contributed by atoms with Crippen molar-refractivity contribution in [3.05, 3.63) is 47.1 Å². The number of amides is 1. The van der Waals surface area contributed by atoms with Crippen molar-refractivity contribution in [1.29, 1.82) is 0 Å². The summed E-state index contributed by atoms with van der Waals surface area (Å²) in [4.78, 5) is 19.4. The van der Waals surface area contributed by atoms with Gasteiger partial charge in [-0.15, -0.1) is 0 Å². The van der Waals surface area contributed by atoms with Gasteiger partial charge >= 0.3 is 0 Å². The maximum atomic E-state index is 12.8. The van der Waals surface area contributed by atoms with Crippen molar-refractivity contribution in [3.63, 3.8) is 0 Å². The van der Waals surface area contributed by atoms with Crippen molar-refractivity contribution in [1.82, 2.24) is 10.3 Å². The zero-order valence-electron chi connectivity index (χ0n) is 16.9. The Hall–Kier alpha value is -2.15. The third kappa shape index (κ3) is 5.47. The van der Waals surface area contributed by atoms with E-state index in [1.807, 2.05) is 42.3 Å². The summed E-state index contributed by atoms with van der Waals surface area (Å²) in [7, 11) is 3.60. The van der Waals surface area contributed by atoms with Crippen LogP contribution >= 0.6 is 11.6 Å². The first kappa shape index (κ1) is 21.6. The Bertz CT molecular complexity index is 829. The maximum absolute atomic E-state index is 12.8. The number of nitrogens with one attached hydrogen (secondary N) is 1. The Morgan fingerprint density at radius 2 is 2.03 bits per heavy atom. The van der Waals surface area contributed by atoms with Gasteiger partial charge in [0, 0.05) is 37.5 Å². The largest absolute Gasteiger partial charge is 0.391 e. The van der Waals surface area contributed by atoms with Gasteiger partial charge in [0.15, 0.2) is 0 Å². The fraction of sp³-hybridized carbons (Fsp3) is 0.455. The third-order valence-electron chi connectivity index (χ3n) is 5.32. The average Bonchev–Trinajstić information content (AvgIpc) is 2.73. The second-order valence-corrected chi connectivity index (χ2v) is 7.88. The Morgan fingerprint density at radius 3 is 2.72 bits per heavy atom. The molecule has 2 N–H and O–H groups in total. The van der Waals surface area contributed by atoms with Crippen molar-refractivity contribution in [2.75, 3.05) is 32.2 Å². The van der Waals surface area contributed by atoms with Crippen LogP contribution in [-0.2, 0) is 4.74 Å². The SMILES string of the molecule is COCCN(C)c1ncc(C(=O)NC2CCCCC2O)cc1-c1ccc(Cl)cc1. The Balaban J connectivity index is 1.89. The van der Waals surface area contributed by atoms with Crippen LogP contribution in [0.5, 0.6) is 0 Å². The minimum Gasteiger partial charge on any atom is -0.391 e. The highest BCUT2D eigenvalue weighted by Crippen LogP contribution is 2.30. The first-order valence-electron chi connectivity index (χ1n) is 9.94. The summed E-state index contributed by atoms with van der Waals surface area (Å²) in [6.45, 7) is 1.24. The number of methoxy groups -OCH3 is 1. The van der Waals surface area contributed by atoms with Gasteiger partial charge in [-0.05, 0) is 36.6 Å². The molecule has 0 radical (unpaired) electrons. The number of hydrogen-bond donors (Lipinski definition) is 2. The van der Waals surface area contributed by atoms with Crippen molar-refractivity contribution in [3.8, 4) is 11.1 Å². The molecule has 0 saturated heterocycles. The lowest BCUT2D eigenvalue weighted by Gasteiger charge is -2.28. The highest BCUT2D eigenvalue weighted by atomic mass is 35.5. The van der Waals surface area contributed by atoms with Gasteiger partial charge in [0.05, 0.1) is 24.3 Å². The predicted octanol–water partition coefficient (Wildman–Crippen LogP) is 3.52. The number of likely N-dealkylation sites (N-methyl/N-ethyl adjacent to an activating group) is 1. The molecule has 1 aromatic heterocycles. The number of rotatable bonds is 7. The first-order valence-corrected chi connectivity index (χ1v) is 10.3. The number of ether oxygens (including phenoxy) is 1. The number of halogens is 1.